The van der Waals surface area contributed by atoms with Gasteiger partial charge in [0.25, 0.3) is 0 Å². The topological polar surface area (TPSA) is 63.6 Å². The zero-order chi connectivity index (χ0) is 16.6. The van der Waals surface area contributed by atoms with Gasteiger partial charge in [-0.2, -0.15) is 0 Å². The first kappa shape index (κ1) is 20.9. The van der Waals surface area contributed by atoms with E-state index in [1.807, 2.05) is 0 Å². The summed E-state index contributed by atoms with van der Waals surface area (Å²) in [6.45, 7) is 2.24. The SMILES string of the molecule is CCCCCCCCCCCCCCC(C(=O)O)C(=O)OC. The van der Waals surface area contributed by atoms with Crippen molar-refractivity contribution in [2.75, 3.05) is 7.11 Å². The standard InChI is InChI=1S/C18H34O4/c1-3-4-5-6-7-8-9-10-11-12-13-14-15-16(17(19)20)18(21)22-2/h16H,3-15H2,1-2H3,(H,19,20). The largest absolute Gasteiger partial charge is 0.481 e. The lowest BCUT2D eigenvalue weighted by atomic mass is 10.00. The van der Waals surface area contributed by atoms with Gasteiger partial charge in [-0.25, -0.2) is 0 Å². The third-order valence-corrected chi connectivity index (χ3v) is 4.13. The van der Waals surface area contributed by atoms with Crippen molar-refractivity contribution in [2.45, 2.75) is 90.4 Å². The summed E-state index contributed by atoms with van der Waals surface area (Å²) in [5, 5.41) is 8.95. The first-order valence-corrected chi connectivity index (χ1v) is 8.94. The van der Waals surface area contributed by atoms with Crippen LogP contribution in [0.25, 0.3) is 0 Å². The summed E-state index contributed by atoms with van der Waals surface area (Å²) in [4.78, 5) is 22.2. The molecule has 0 saturated carbocycles. The Kier molecular flexibility index (Phi) is 14.1. The summed E-state index contributed by atoms with van der Waals surface area (Å²) in [7, 11) is 1.24. The molecule has 4 heteroatoms. The molecule has 0 amide bonds. The Bertz CT molecular complexity index is 289. The van der Waals surface area contributed by atoms with Crippen LogP contribution in [0.5, 0.6) is 0 Å². The lowest BCUT2D eigenvalue weighted by Gasteiger charge is -2.09. The number of rotatable bonds is 15. The summed E-state index contributed by atoms with van der Waals surface area (Å²) in [6, 6.07) is 0. The number of aliphatic carboxylic acids is 1. The van der Waals surface area contributed by atoms with Crippen LogP contribution in [0.4, 0.5) is 0 Å². The fourth-order valence-corrected chi connectivity index (χ4v) is 2.67. The molecule has 0 fully saturated rings. The average molecular weight is 314 g/mol. The number of ether oxygens (including phenoxy) is 1. The number of carboxylic acid groups (broad SMARTS) is 1. The fraction of sp³-hybridized carbons (Fsp3) is 0.889. The molecule has 22 heavy (non-hydrogen) atoms. The summed E-state index contributed by atoms with van der Waals surface area (Å²) in [5.74, 6) is -2.70. The second kappa shape index (κ2) is 14.9. The molecule has 4 nitrogen and oxygen atoms in total. The molecular weight excluding hydrogens is 280 g/mol. The molecule has 0 aliphatic heterocycles. The smallest absolute Gasteiger partial charge is 0.320 e. The molecule has 0 aliphatic carbocycles. The van der Waals surface area contributed by atoms with Gasteiger partial charge in [-0.1, -0.05) is 84.0 Å². The van der Waals surface area contributed by atoms with Crippen molar-refractivity contribution in [1.82, 2.24) is 0 Å². The van der Waals surface area contributed by atoms with Gasteiger partial charge < -0.3 is 9.84 Å². The van der Waals surface area contributed by atoms with Crippen molar-refractivity contribution in [1.29, 1.82) is 0 Å². The monoisotopic (exact) mass is 314 g/mol. The van der Waals surface area contributed by atoms with Crippen LogP contribution in [0.3, 0.4) is 0 Å². The predicted molar refractivity (Wildman–Crippen MR) is 88.8 cm³/mol. The van der Waals surface area contributed by atoms with Crippen LogP contribution in [0.2, 0.25) is 0 Å². The zero-order valence-corrected chi connectivity index (χ0v) is 14.4. The van der Waals surface area contributed by atoms with Crippen molar-refractivity contribution < 1.29 is 19.4 Å². The molecule has 0 aromatic carbocycles. The Morgan fingerprint density at radius 3 is 1.59 bits per heavy atom. The second-order valence-electron chi connectivity index (χ2n) is 6.09. The van der Waals surface area contributed by atoms with Crippen LogP contribution in [0.1, 0.15) is 90.4 Å². The number of methoxy groups -OCH3 is 1. The molecule has 0 aliphatic rings. The highest BCUT2D eigenvalue weighted by molar-refractivity contribution is 5.93. The molecule has 0 radical (unpaired) electrons. The van der Waals surface area contributed by atoms with Gasteiger partial charge in [-0.05, 0) is 6.42 Å². The van der Waals surface area contributed by atoms with Crippen LogP contribution < -0.4 is 0 Å². The second-order valence-corrected chi connectivity index (χ2v) is 6.09. The van der Waals surface area contributed by atoms with Crippen molar-refractivity contribution in [3.63, 3.8) is 0 Å². The van der Waals surface area contributed by atoms with E-state index in [0.29, 0.717) is 6.42 Å². The summed E-state index contributed by atoms with van der Waals surface area (Å²) in [6.07, 6.45) is 15.2. The maximum absolute atomic E-state index is 11.3. The molecule has 0 rings (SSSR count). The van der Waals surface area contributed by atoms with E-state index >= 15 is 0 Å². The van der Waals surface area contributed by atoms with Gasteiger partial charge in [0, 0.05) is 0 Å². The van der Waals surface area contributed by atoms with E-state index in [-0.39, 0.29) is 0 Å². The van der Waals surface area contributed by atoms with Crippen molar-refractivity contribution in [3.8, 4) is 0 Å². The van der Waals surface area contributed by atoms with E-state index in [9.17, 15) is 9.59 Å². The Hall–Kier alpha value is -1.06. The van der Waals surface area contributed by atoms with Crippen LogP contribution in [0, 0.1) is 5.92 Å². The number of carbonyl (C=O) groups excluding carboxylic acids is 1. The van der Waals surface area contributed by atoms with Gasteiger partial charge in [-0.3, -0.25) is 9.59 Å². The third kappa shape index (κ3) is 11.6. The minimum absolute atomic E-state index is 0.388. The normalized spacial score (nSPS) is 12.1. The molecule has 1 N–H and O–H groups in total. The van der Waals surface area contributed by atoms with Gasteiger partial charge in [0.15, 0.2) is 5.92 Å². The minimum atomic E-state index is -1.07. The van der Waals surface area contributed by atoms with E-state index in [1.54, 1.807) is 0 Å². The van der Waals surface area contributed by atoms with E-state index in [1.165, 1.54) is 64.9 Å². The average Bonchev–Trinajstić information content (AvgIpc) is 2.51. The molecular formula is C18H34O4. The zero-order valence-electron chi connectivity index (χ0n) is 14.4. The van der Waals surface area contributed by atoms with Gasteiger partial charge in [0.1, 0.15) is 0 Å². The maximum atomic E-state index is 11.3. The first-order chi connectivity index (χ1) is 10.6. The third-order valence-electron chi connectivity index (χ3n) is 4.13. The van der Waals surface area contributed by atoms with E-state index in [4.69, 9.17) is 5.11 Å². The van der Waals surface area contributed by atoms with Crippen LogP contribution in [-0.4, -0.2) is 24.2 Å². The number of unbranched alkanes of at least 4 members (excludes halogenated alkanes) is 11. The van der Waals surface area contributed by atoms with Gasteiger partial charge in [0.05, 0.1) is 7.11 Å². The van der Waals surface area contributed by atoms with Crippen LogP contribution in [-0.2, 0) is 14.3 Å². The highest BCUT2D eigenvalue weighted by Gasteiger charge is 2.26. The Labute approximate surface area is 135 Å². The van der Waals surface area contributed by atoms with Crippen molar-refractivity contribution in [3.05, 3.63) is 0 Å². The number of carbonyl (C=O) groups is 2. The lowest BCUT2D eigenvalue weighted by molar-refractivity contribution is -0.157. The first-order valence-electron chi connectivity index (χ1n) is 8.94. The Balaban J connectivity index is 3.39. The molecule has 0 saturated heterocycles. The highest BCUT2D eigenvalue weighted by atomic mass is 16.5. The maximum Gasteiger partial charge on any atom is 0.320 e. The predicted octanol–water partition coefficient (Wildman–Crippen LogP) is 4.95. The number of hydrogen-bond donors (Lipinski definition) is 1. The lowest BCUT2D eigenvalue weighted by Crippen LogP contribution is -2.24. The minimum Gasteiger partial charge on any atom is -0.481 e. The van der Waals surface area contributed by atoms with E-state index < -0.39 is 17.9 Å². The van der Waals surface area contributed by atoms with Crippen LogP contribution >= 0.6 is 0 Å². The Morgan fingerprint density at radius 2 is 1.23 bits per heavy atom. The molecule has 0 aromatic rings. The van der Waals surface area contributed by atoms with Gasteiger partial charge in [-0.15, -0.1) is 0 Å². The van der Waals surface area contributed by atoms with Gasteiger partial charge >= 0.3 is 11.9 Å². The van der Waals surface area contributed by atoms with Crippen LogP contribution in [0.15, 0.2) is 0 Å². The summed E-state index contributed by atoms with van der Waals surface area (Å²) < 4.78 is 4.51. The van der Waals surface area contributed by atoms with Crippen molar-refractivity contribution >= 4 is 11.9 Å². The highest BCUT2D eigenvalue weighted by Crippen LogP contribution is 2.15. The molecule has 130 valence electrons. The molecule has 1 unspecified atom stereocenters. The quantitative estimate of drug-likeness (QED) is 0.264. The van der Waals surface area contributed by atoms with E-state index in [2.05, 4.69) is 11.7 Å². The van der Waals surface area contributed by atoms with E-state index in [0.717, 1.165) is 19.3 Å². The number of hydrogen-bond acceptors (Lipinski definition) is 3. The Morgan fingerprint density at radius 1 is 0.818 bits per heavy atom. The number of esters is 1. The number of carboxylic acids is 1. The summed E-state index contributed by atoms with van der Waals surface area (Å²) >= 11 is 0. The van der Waals surface area contributed by atoms with Crippen molar-refractivity contribution in [2.24, 2.45) is 5.92 Å². The fourth-order valence-electron chi connectivity index (χ4n) is 2.67. The van der Waals surface area contributed by atoms with Gasteiger partial charge in [0.2, 0.25) is 0 Å². The molecule has 1 atom stereocenters. The molecule has 0 heterocycles. The molecule has 0 aromatic heterocycles. The summed E-state index contributed by atoms with van der Waals surface area (Å²) in [5.41, 5.74) is 0. The molecule has 0 spiro atoms. The molecule has 0 bridgehead atoms.